The van der Waals surface area contributed by atoms with Crippen LogP contribution in [0.1, 0.15) is 25.3 Å². The fourth-order valence-corrected chi connectivity index (χ4v) is 1.78. The summed E-state index contributed by atoms with van der Waals surface area (Å²) < 4.78 is 0. The minimum absolute atomic E-state index is 0. The molecule has 2 nitrogen and oxygen atoms in total. The normalized spacial score (nSPS) is 10.9. The van der Waals surface area contributed by atoms with Crippen molar-refractivity contribution in [1.82, 2.24) is 0 Å². The minimum atomic E-state index is 0. The summed E-state index contributed by atoms with van der Waals surface area (Å²) in [5.41, 5.74) is 3.61. The number of halogens is 1. The number of benzene rings is 1. The quantitative estimate of drug-likeness (QED) is 0.411. The number of hydrogen-bond acceptors (Lipinski definition) is 2. The Morgan fingerprint density at radius 2 is 1.53 bits per heavy atom. The van der Waals surface area contributed by atoms with Crippen LogP contribution in [-0.4, -0.2) is 25.5 Å². The van der Waals surface area contributed by atoms with E-state index in [1.807, 2.05) is 20.2 Å². The van der Waals surface area contributed by atoms with E-state index in [0.29, 0.717) is 0 Å². The van der Waals surface area contributed by atoms with Gasteiger partial charge in [-0.25, -0.2) is 0 Å². The average Bonchev–Trinajstić information content (AvgIpc) is 2.35. The Hall–Kier alpha value is -0.488. The van der Waals surface area contributed by atoms with Crippen molar-refractivity contribution in [3.05, 3.63) is 43.3 Å². The molecule has 0 amide bonds. The fourth-order valence-electron chi connectivity index (χ4n) is 1.78. The first kappa shape index (κ1) is 23.6. The van der Waals surface area contributed by atoms with Crippen LogP contribution in [0.15, 0.2) is 40.3 Å². The molecule has 0 aliphatic rings. The Bertz CT molecular complexity index is 375. The third-order valence-electron chi connectivity index (χ3n) is 2.70. The van der Waals surface area contributed by atoms with E-state index < -0.39 is 0 Å². The smallest absolute Gasteiger partial charge is 1.00 e. The molecule has 0 heterocycles. The van der Waals surface area contributed by atoms with Crippen LogP contribution < -0.4 is 12.4 Å². The molecule has 0 spiro atoms. The molecule has 0 fully saturated rings. The Morgan fingerprint density at radius 1 is 1.00 bits per heavy atom. The first-order valence-corrected chi connectivity index (χ1v) is 5.77. The monoisotopic (exact) mass is 372 g/mol. The first-order valence-electron chi connectivity index (χ1n) is 5.77. The van der Waals surface area contributed by atoms with E-state index in [4.69, 9.17) is 0 Å². The number of rotatable bonds is 5. The molecule has 110 valence electrons. The molecular formula is C15H23ClN2Pd. The molecule has 0 aromatic heterocycles. The number of aryl methyl sites for hydroxylation is 1. The van der Waals surface area contributed by atoms with Crippen molar-refractivity contribution in [2.75, 3.05) is 14.1 Å². The predicted molar refractivity (Wildman–Crippen MR) is 78.2 cm³/mol. The molecule has 0 unspecified atom stereocenters. The van der Waals surface area contributed by atoms with Gasteiger partial charge in [0.1, 0.15) is 0 Å². The van der Waals surface area contributed by atoms with E-state index >= 15 is 0 Å². The van der Waals surface area contributed by atoms with Crippen molar-refractivity contribution < 1.29 is 32.8 Å². The van der Waals surface area contributed by atoms with E-state index in [9.17, 15) is 0 Å². The molecule has 1 aromatic carbocycles. The zero-order valence-electron chi connectivity index (χ0n) is 12.1. The van der Waals surface area contributed by atoms with Crippen LogP contribution in [0, 0.1) is 7.43 Å². The van der Waals surface area contributed by atoms with Gasteiger partial charge in [-0.2, -0.15) is 0 Å². The maximum Gasteiger partial charge on any atom is 2.00 e. The zero-order chi connectivity index (χ0) is 11.8. The van der Waals surface area contributed by atoms with Crippen molar-refractivity contribution >= 4 is 11.4 Å². The predicted octanol–water partition coefficient (Wildman–Crippen LogP) is 0.623. The summed E-state index contributed by atoms with van der Waals surface area (Å²) in [5.74, 6) is 0. The minimum Gasteiger partial charge on any atom is -1.00 e. The second kappa shape index (κ2) is 13.9. The zero-order valence-corrected chi connectivity index (χ0v) is 14.4. The average molecular weight is 373 g/mol. The Balaban J connectivity index is -0.000000853. The third-order valence-corrected chi connectivity index (χ3v) is 2.70. The van der Waals surface area contributed by atoms with Crippen LogP contribution in [0.5, 0.6) is 0 Å². The summed E-state index contributed by atoms with van der Waals surface area (Å²) in [4.78, 5) is 8.61. The molecule has 0 bridgehead atoms. The van der Waals surface area contributed by atoms with E-state index in [2.05, 4.69) is 41.2 Å². The van der Waals surface area contributed by atoms with Gasteiger partial charge in [0.2, 0.25) is 0 Å². The van der Waals surface area contributed by atoms with Gasteiger partial charge in [0.15, 0.2) is 0 Å². The van der Waals surface area contributed by atoms with Gasteiger partial charge < -0.3 is 19.8 Å². The topological polar surface area (TPSA) is 24.7 Å². The molecule has 1 aromatic rings. The molecular weight excluding hydrogens is 350 g/mol. The van der Waals surface area contributed by atoms with Crippen LogP contribution in [0.4, 0.5) is 0 Å². The molecule has 19 heavy (non-hydrogen) atoms. The largest absolute Gasteiger partial charge is 2.00 e. The maximum absolute atomic E-state index is 4.33. The van der Waals surface area contributed by atoms with Gasteiger partial charge in [-0.05, 0) is 24.8 Å². The van der Waals surface area contributed by atoms with Crippen LogP contribution in [0.3, 0.4) is 0 Å². The molecule has 0 N–H and O–H groups in total. The molecule has 0 saturated carbocycles. The van der Waals surface area contributed by atoms with Gasteiger partial charge in [0, 0.05) is 14.1 Å². The van der Waals surface area contributed by atoms with Crippen LogP contribution in [0.2, 0.25) is 0 Å². The number of aliphatic imine (C=N–C) groups is 2. The van der Waals surface area contributed by atoms with Gasteiger partial charge >= 0.3 is 20.4 Å². The van der Waals surface area contributed by atoms with E-state index in [1.165, 1.54) is 5.56 Å². The van der Waals surface area contributed by atoms with E-state index in [-0.39, 0.29) is 40.3 Å². The van der Waals surface area contributed by atoms with Gasteiger partial charge in [0.05, 0.1) is 11.4 Å². The standard InChI is InChI=1S/C14H20N2.CH3.ClH.Pd/c1-4-13(15-2)14(16-3)11-10-12-8-6-5-7-9-12;;;/h5-9H,4,10-11H2,1-3H3;1H3;1H;/q;-1;;+2/p-1. The summed E-state index contributed by atoms with van der Waals surface area (Å²) in [7, 11) is 3.69. The van der Waals surface area contributed by atoms with Gasteiger partial charge in [-0.3, -0.25) is 9.98 Å². The van der Waals surface area contributed by atoms with Crippen LogP contribution >= 0.6 is 0 Å². The molecule has 4 heteroatoms. The van der Waals surface area contributed by atoms with Crippen molar-refractivity contribution in [2.24, 2.45) is 9.98 Å². The van der Waals surface area contributed by atoms with Crippen molar-refractivity contribution in [3.8, 4) is 0 Å². The SMILES string of the molecule is CCC(=NC)C(CCc1ccccc1)=NC.[CH3-].[Cl-].[Pd+2]. The van der Waals surface area contributed by atoms with Crippen LogP contribution in [-0.2, 0) is 26.8 Å². The first-order chi connectivity index (χ1) is 7.81. The molecule has 1 rings (SSSR count). The molecule has 0 saturated heterocycles. The van der Waals surface area contributed by atoms with Crippen molar-refractivity contribution in [2.45, 2.75) is 26.2 Å². The summed E-state index contributed by atoms with van der Waals surface area (Å²) >= 11 is 0. The van der Waals surface area contributed by atoms with Crippen molar-refractivity contribution in [3.63, 3.8) is 0 Å². The van der Waals surface area contributed by atoms with E-state index in [0.717, 1.165) is 30.7 Å². The van der Waals surface area contributed by atoms with Gasteiger partial charge in [-0.15, -0.1) is 0 Å². The van der Waals surface area contributed by atoms with E-state index in [1.54, 1.807) is 0 Å². The molecule has 0 atom stereocenters. The summed E-state index contributed by atoms with van der Waals surface area (Å²) in [6, 6.07) is 10.5. The molecule has 0 radical (unpaired) electrons. The number of hydrogen-bond donors (Lipinski definition) is 0. The molecule has 0 aliphatic carbocycles. The van der Waals surface area contributed by atoms with Gasteiger partial charge in [0.25, 0.3) is 0 Å². The Morgan fingerprint density at radius 3 is 1.95 bits per heavy atom. The fraction of sp³-hybridized carbons (Fsp3) is 0.400. The Labute approximate surface area is 137 Å². The molecule has 0 aliphatic heterocycles. The second-order valence-corrected chi connectivity index (χ2v) is 3.68. The number of nitrogens with zero attached hydrogens (tertiary/aromatic N) is 2. The van der Waals surface area contributed by atoms with Crippen LogP contribution in [0.25, 0.3) is 0 Å². The summed E-state index contributed by atoms with van der Waals surface area (Å²) in [5, 5.41) is 0. The Kier molecular flexibility index (Phi) is 17.3. The third kappa shape index (κ3) is 8.31. The second-order valence-electron chi connectivity index (χ2n) is 3.68. The summed E-state index contributed by atoms with van der Waals surface area (Å²) in [6.45, 7) is 2.12. The summed E-state index contributed by atoms with van der Waals surface area (Å²) in [6.07, 6.45) is 2.96. The van der Waals surface area contributed by atoms with Gasteiger partial charge in [-0.1, -0.05) is 37.3 Å². The van der Waals surface area contributed by atoms with Crippen molar-refractivity contribution in [1.29, 1.82) is 0 Å². The maximum atomic E-state index is 4.33.